The van der Waals surface area contributed by atoms with E-state index in [9.17, 15) is 4.79 Å². The second-order valence-corrected chi connectivity index (χ2v) is 8.23. The number of terminal acetylenes is 1. The van der Waals surface area contributed by atoms with Gasteiger partial charge < -0.3 is 9.47 Å². The molecule has 2 aromatic carbocycles. The maximum absolute atomic E-state index is 13.2. The lowest BCUT2D eigenvalue weighted by molar-refractivity contribution is 0.299. The molecule has 0 saturated heterocycles. The van der Waals surface area contributed by atoms with Crippen molar-refractivity contribution in [3.8, 4) is 23.8 Å². The Hall–Kier alpha value is -2.82. The van der Waals surface area contributed by atoms with Crippen molar-refractivity contribution in [2.75, 3.05) is 13.2 Å². The zero-order valence-corrected chi connectivity index (χ0v) is 20.2. The average molecular weight is 517 g/mol. The molecule has 1 aromatic heterocycles. The highest BCUT2D eigenvalue weighted by atomic mass is 79.9. The molecule has 3 rings (SSSR count). The summed E-state index contributed by atoms with van der Waals surface area (Å²) in [6.07, 6.45) is 9.35. The molecule has 8 heteroatoms. The van der Waals surface area contributed by atoms with Crippen molar-refractivity contribution in [2.24, 2.45) is 5.10 Å². The molecule has 1 heterocycles. The fourth-order valence-electron chi connectivity index (χ4n) is 3.11. The summed E-state index contributed by atoms with van der Waals surface area (Å²) in [5.74, 6) is 3.85. The summed E-state index contributed by atoms with van der Waals surface area (Å²) in [6.45, 7) is 4.44. The molecular formula is C24H23BrClN3O3. The standard InChI is InChI=1S/C24H23BrClN3O3/c1-4-7-8-22-28-20-10-9-17(25)14-18(20)24(30)29(22)27-15-16-12-19(26)23(32-11-5-2)21(13-16)31-6-3/h2,9-10,12-15H,4,6-8,11H2,1,3H3. The van der Waals surface area contributed by atoms with Gasteiger partial charge in [0.2, 0.25) is 0 Å². The van der Waals surface area contributed by atoms with Gasteiger partial charge in [-0.25, -0.2) is 4.98 Å². The van der Waals surface area contributed by atoms with Crippen LogP contribution in [0.25, 0.3) is 10.9 Å². The van der Waals surface area contributed by atoms with E-state index in [0.717, 1.165) is 17.3 Å². The fraction of sp³-hybridized carbons (Fsp3) is 0.292. The Morgan fingerprint density at radius 2 is 2.09 bits per heavy atom. The van der Waals surface area contributed by atoms with Gasteiger partial charge >= 0.3 is 0 Å². The highest BCUT2D eigenvalue weighted by molar-refractivity contribution is 9.10. The first-order valence-electron chi connectivity index (χ1n) is 10.3. The van der Waals surface area contributed by atoms with E-state index >= 15 is 0 Å². The Kier molecular flexibility index (Phi) is 8.32. The molecule has 0 spiro atoms. The lowest BCUT2D eigenvalue weighted by Gasteiger charge is -2.13. The predicted molar refractivity (Wildman–Crippen MR) is 132 cm³/mol. The largest absolute Gasteiger partial charge is 0.490 e. The Balaban J connectivity index is 2.08. The molecule has 0 radical (unpaired) electrons. The van der Waals surface area contributed by atoms with Crippen LogP contribution in [0.4, 0.5) is 0 Å². The number of hydrogen-bond acceptors (Lipinski definition) is 5. The Labute approximate surface area is 200 Å². The average Bonchev–Trinajstić information content (AvgIpc) is 2.77. The van der Waals surface area contributed by atoms with Gasteiger partial charge in [-0.1, -0.05) is 46.8 Å². The van der Waals surface area contributed by atoms with Crippen LogP contribution in [0.1, 0.15) is 38.1 Å². The van der Waals surface area contributed by atoms with Gasteiger partial charge in [-0.2, -0.15) is 9.78 Å². The van der Waals surface area contributed by atoms with Crippen molar-refractivity contribution < 1.29 is 9.47 Å². The lowest BCUT2D eigenvalue weighted by atomic mass is 10.2. The molecule has 0 aliphatic carbocycles. The molecule has 0 amide bonds. The van der Waals surface area contributed by atoms with E-state index in [0.29, 0.717) is 51.8 Å². The van der Waals surface area contributed by atoms with Gasteiger partial charge in [0.25, 0.3) is 5.56 Å². The zero-order chi connectivity index (χ0) is 23.1. The number of halogens is 2. The van der Waals surface area contributed by atoms with E-state index in [2.05, 4.69) is 38.9 Å². The predicted octanol–water partition coefficient (Wildman–Crippen LogP) is 5.45. The van der Waals surface area contributed by atoms with E-state index in [-0.39, 0.29) is 12.2 Å². The van der Waals surface area contributed by atoms with Crippen LogP contribution in [0.5, 0.6) is 11.5 Å². The summed E-state index contributed by atoms with van der Waals surface area (Å²) in [7, 11) is 0. The second-order valence-electron chi connectivity index (χ2n) is 6.91. The van der Waals surface area contributed by atoms with Crippen molar-refractivity contribution in [2.45, 2.75) is 33.1 Å². The summed E-state index contributed by atoms with van der Waals surface area (Å²) in [5, 5.41) is 5.29. The SMILES string of the molecule is C#CCOc1c(Cl)cc(C=Nn2c(CCCC)nc3ccc(Br)cc3c2=O)cc1OCC. The number of ether oxygens (including phenoxy) is 2. The summed E-state index contributed by atoms with van der Waals surface area (Å²) in [6, 6.07) is 8.87. The van der Waals surface area contributed by atoms with Gasteiger partial charge in [-0.05, 0) is 49.2 Å². The maximum atomic E-state index is 13.2. The van der Waals surface area contributed by atoms with Crippen molar-refractivity contribution in [1.29, 1.82) is 0 Å². The second kappa shape index (κ2) is 11.2. The number of unbranched alkanes of at least 4 members (excludes halogenated alkanes) is 1. The molecule has 6 nitrogen and oxygen atoms in total. The minimum Gasteiger partial charge on any atom is -0.490 e. The number of benzene rings is 2. The van der Waals surface area contributed by atoms with Crippen LogP contribution < -0.4 is 15.0 Å². The van der Waals surface area contributed by atoms with E-state index in [1.54, 1.807) is 24.4 Å². The number of fused-ring (bicyclic) bond motifs is 1. The molecule has 0 N–H and O–H groups in total. The monoisotopic (exact) mass is 515 g/mol. The van der Waals surface area contributed by atoms with Gasteiger partial charge in [0, 0.05) is 10.9 Å². The Morgan fingerprint density at radius 3 is 2.81 bits per heavy atom. The van der Waals surface area contributed by atoms with Crippen LogP contribution in [-0.2, 0) is 6.42 Å². The Bertz CT molecular complexity index is 1250. The van der Waals surface area contributed by atoms with Crippen molar-refractivity contribution in [3.63, 3.8) is 0 Å². The lowest BCUT2D eigenvalue weighted by Crippen LogP contribution is -2.22. The number of aromatic nitrogens is 2. The first-order chi connectivity index (χ1) is 15.5. The smallest absolute Gasteiger partial charge is 0.282 e. The molecule has 166 valence electrons. The fourth-order valence-corrected chi connectivity index (χ4v) is 3.75. The van der Waals surface area contributed by atoms with E-state index < -0.39 is 0 Å². The van der Waals surface area contributed by atoms with Crippen molar-refractivity contribution in [3.05, 3.63) is 61.6 Å². The minimum absolute atomic E-state index is 0.0712. The molecule has 0 aliphatic heterocycles. The van der Waals surface area contributed by atoms with Crippen LogP contribution >= 0.6 is 27.5 Å². The normalized spacial score (nSPS) is 11.1. The van der Waals surface area contributed by atoms with Gasteiger partial charge in [-0.3, -0.25) is 4.79 Å². The topological polar surface area (TPSA) is 65.7 Å². The molecule has 0 unspecified atom stereocenters. The quantitative estimate of drug-likeness (QED) is 0.280. The van der Waals surface area contributed by atoms with Gasteiger partial charge in [0.15, 0.2) is 11.5 Å². The summed E-state index contributed by atoms with van der Waals surface area (Å²) >= 11 is 9.81. The maximum Gasteiger partial charge on any atom is 0.282 e. The van der Waals surface area contributed by atoms with Crippen LogP contribution in [0, 0.1) is 12.3 Å². The number of rotatable bonds is 9. The van der Waals surface area contributed by atoms with E-state index in [4.69, 9.17) is 27.5 Å². The van der Waals surface area contributed by atoms with Crippen LogP contribution in [0.2, 0.25) is 5.02 Å². The molecular weight excluding hydrogens is 494 g/mol. The molecule has 3 aromatic rings. The summed E-state index contributed by atoms with van der Waals surface area (Å²) in [5.41, 5.74) is 1.06. The van der Waals surface area contributed by atoms with E-state index in [1.807, 2.05) is 19.1 Å². The number of hydrogen-bond donors (Lipinski definition) is 0. The summed E-state index contributed by atoms with van der Waals surface area (Å²) in [4.78, 5) is 17.9. The third-order valence-electron chi connectivity index (χ3n) is 4.58. The number of nitrogens with zero attached hydrogens (tertiary/aromatic N) is 3. The minimum atomic E-state index is -0.233. The van der Waals surface area contributed by atoms with Gasteiger partial charge in [0.05, 0.1) is 28.7 Å². The van der Waals surface area contributed by atoms with Crippen molar-refractivity contribution >= 4 is 44.6 Å². The van der Waals surface area contributed by atoms with Crippen LogP contribution in [-0.4, -0.2) is 29.1 Å². The molecule has 0 atom stereocenters. The summed E-state index contributed by atoms with van der Waals surface area (Å²) < 4.78 is 13.3. The first kappa shape index (κ1) is 23.8. The Morgan fingerprint density at radius 1 is 1.28 bits per heavy atom. The molecule has 0 bridgehead atoms. The van der Waals surface area contributed by atoms with E-state index in [1.165, 1.54) is 4.68 Å². The molecule has 32 heavy (non-hydrogen) atoms. The highest BCUT2D eigenvalue weighted by Gasteiger charge is 2.13. The van der Waals surface area contributed by atoms with Crippen LogP contribution in [0.15, 0.2) is 44.7 Å². The number of aryl methyl sites for hydroxylation is 1. The molecule has 0 fully saturated rings. The van der Waals surface area contributed by atoms with Gasteiger partial charge in [0.1, 0.15) is 12.4 Å². The first-order valence-corrected chi connectivity index (χ1v) is 11.4. The molecule has 0 saturated carbocycles. The highest BCUT2D eigenvalue weighted by Crippen LogP contribution is 2.36. The van der Waals surface area contributed by atoms with Crippen molar-refractivity contribution in [1.82, 2.24) is 9.66 Å². The third kappa shape index (κ3) is 5.50. The van der Waals surface area contributed by atoms with Gasteiger partial charge in [-0.15, -0.1) is 6.42 Å². The molecule has 0 aliphatic rings. The third-order valence-corrected chi connectivity index (χ3v) is 5.36. The zero-order valence-electron chi connectivity index (χ0n) is 17.9. The van der Waals surface area contributed by atoms with Crippen LogP contribution in [0.3, 0.4) is 0 Å².